The number of amides is 1. The molecule has 1 heterocycles. The lowest BCUT2D eigenvalue weighted by atomic mass is 10.0. The number of ketones is 1. The molecule has 0 bridgehead atoms. The standard InChI is InChI=1S/C29H23ClF3N5O2/c1-18-3-5-19(6-4-18)26(39)25-24(17-34)27(38(37-25)23-13-11-22(30)12-14-23)35-15-2-16-36-28(40)20-7-9-21(10-8-20)29(31,32)33/h3-14,35H,2,15-16H2,1H3,(H,36,40). The predicted molar refractivity (Wildman–Crippen MR) is 145 cm³/mol. The van der Waals surface area contributed by atoms with Crippen LogP contribution in [-0.4, -0.2) is 34.6 Å². The van der Waals surface area contributed by atoms with Crippen LogP contribution in [-0.2, 0) is 6.18 Å². The molecule has 4 rings (SSSR count). The highest BCUT2D eigenvalue weighted by Crippen LogP contribution is 2.29. The van der Waals surface area contributed by atoms with Crippen LogP contribution in [0.15, 0.2) is 72.8 Å². The Labute approximate surface area is 233 Å². The van der Waals surface area contributed by atoms with Gasteiger partial charge in [-0.1, -0.05) is 41.4 Å². The van der Waals surface area contributed by atoms with Crippen molar-refractivity contribution < 1.29 is 22.8 Å². The quantitative estimate of drug-likeness (QED) is 0.186. The fraction of sp³-hybridized carbons (Fsp3) is 0.172. The van der Waals surface area contributed by atoms with E-state index in [1.54, 1.807) is 48.5 Å². The Balaban J connectivity index is 1.48. The second-order valence-corrected chi connectivity index (χ2v) is 9.32. The summed E-state index contributed by atoms with van der Waals surface area (Å²) in [5.41, 5.74) is 1.26. The van der Waals surface area contributed by atoms with Crippen molar-refractivity contribution in [3.8, 4) is 11.8 Å². The number of carbonyl (C=O) groups is 2. The molecule has 1 amide bonds. The van der Waals surface area contributed by atoms with Crippen LogP contribution in [0.4, 0.5) is 19.0 Å². The zero-order chi connectivity index (χ0) is 28.9. The number of nitrogens with zero attached hydrogens (tertiary/aromatic N) is 3. The lowest BCUT2D eigenvalue weighted by Crippen LogP contribution is -2.26. The number of benzene rings is 3. The van der Waals surface area contributed by atoms with Gasteiger partial charge in [0, 0.05) is 29.2 Å². The second kappa shape index (κ2) is 12.1. The van der Waals surface area contributed by atoms with Gasteiger partial charge in [0.2, 0.25) is 5.78 Å². The Morgan fingerprint density at radius 2 is 1.57 bits per heavy atom. The molecule has 0 radical (unpaired) electrons. The lowest BCUT2D eigenvalue weighted by Gasteiger charge is -2.11. The van der Waals surface area contributed by atoms with Gasteiger partial charge in [0.15, 0.2) is 5.69 Å². The second-order valence-electron chi connectivity index (χ2n) is 8.88. The molecule has 0 fully saturated rings. The minimum atomic E-state index is -4.48. The number of carbonyl (C=O) groups excluding carboxylic acids is 2. The largest absolute Gasteiger partial charge is 0.416 e. The van der Waals surface area contributed by atoms with E-state index in [1.807, 2.05) is 6.92 Å². The van der Waals surface area contributed by atoms with Crippen molar-refractivity contribution >= 4 is 29.1 Å². The van der Waals surface area contributed by atoms with Crippen LogP contribution >= 0.6 is 11.6 Å². The van der Waals surface area contributed by atoms with E-state index >= 15 is 0 Å². The fourth-order valence-corrected chi connectivity index (χ4v) is 3.99. The summed E-state index contributed by atoms with van der Waals surface area (Å²) in [5.74, 6) is -0.617. The van der Waals surface area contributed by atoms with Crippen molar-refractivity contribution in [3.05, 3.63) is 111 Å². The maximum Gasteiger partial charge on any atom is 0.416 e. The van der Waals surface area contributed by atoms with Gasteiger partial charge in [-0.2, -0.15) is 23.5 Å². The van der Waals surface area contributed by atoms with Crippen LogP contribution in [0.5, 0.6) is 0 Å². The first-order valence-electron chi connectivity index (χ1n) is 12.2. The lowest BCUT2D eigenvalue weighted by molar-refractivity contribution is -0.137. The maximum atomic E-state index is 13.3. The Morgan fingerprint density at radius 1 is 0.950 bits per heavy atom. The number of hydrogen-bond acceptors (Lipinski definition) is 5. The predicted octanol–water partition coefficient (Wildman–Crippen LogP) is 6.19. The maximum absolute atomic E-state index is 13.3. The topological polar surface area (TPSA) is 99.8 Å². The highest BCUT2D eigenvalue weighted by molar-refractivity contribution is 6.30. The summed E-state index contributed by atoms with van der Waals surface area (Å²) in [4.78, 5) is 25.6. The first-order chi connectivity index (χ1) is 19.1. The van der Waals surface area contributed by atoms with Crippen LogP contribution < -0.4 is 10.6 Å². The normalized spacial score (nSPS) is 11.1. The van der Waals surface area contributed by atoms with E-state index in [1.165, 1.54) is 4.68 Å². The summed E-state index contributed by atoms with van der Waals surface area (Å²) in [6.07, 6.45) is -4.07. The van der Waals surface area contributed by atoms with Gasteiger partial charge in [-0.3, -0.25) is 9.59 Å². The smallest absolute Gasteiger partial charge is 0.369 e. The minimum absolute atomic E-state index is 0.0144. The van der Waals surface area contributed by atoms with Gasteiger partial charge < -0.3 is 10.6 Å². The molecule has 0 spiro atoms. The number of anilines is 1. The zero-order valence-electron chi connectivity index (χ0n) is 21.2. The summed E-state index contributed by atoms with van der Waals surface area (Å²) < 4.78 is 39.7. The Kier molecular flexibility index (Phi) is 8.55. The average molecular weight is 566 g/mol. The van der Waals surface area contributed by atoms with Crippen LogP contribution in [0, 0.1) is 18.3 Å². The summed E-state index contributed by atoms with van der Waals surface area (Å²) in [6, 6.07) is 19.7. The molecule has 7 nitrogen and oxygen atoms in total. The number of alkyl halides is 3. The Hall–Kier alpha value is -4.62. The van der Waals surface area contributed by atoms with Crippen LogP contribution in [0.3, 0.4) is 0 Å². The molecule has 204 valence electrons. The SMILES string of the molecule is Cc1ccc(C(=O)c2nn(-c3ccc(Cl)cc3)c(NCCCNC(=O)c3ccc(C(F)(F)F)cc3)c2C#N)cc1. The third-order valence-electron chi connectivity index (χ3n) is 6.00. The molecule has 0 aliphatic carbocycles. The van der Waals surface area contributed by atoms with Crippen LogP contribution in [0.2, 0.25) is 5.02 Å². The van der Waals surface area contributed by atoms with Crippen molar-refractivity contribution in [2.24, 2.45) is 0 Å². The number of nitriles is 1. The van der Waals surface area contributed by atoms with E-state index in [0.29, 0.717) is 35.1 Å². The molecule has 2 N–H and O–H groups in total. The van der Waals surface area contributed by atoms with E-state index in [-0.39, 0.29) is 23.4 Å². The Morgan fingerprint density at radius 3 is 2.17 bits per heavy atom. The van der Waals surface area contributed by atoms with Crippen LogP contribution in [0.25, 0.3) is 5.69 Å². The number of nitrogens with one attached hydrogen (secondary N) is 2. The molecule has 40 heavy (non-hydrogen) atoms. The van der Waals surface area contributed by atoms with E-state index in [4.69, 9.17) is 11.6 Å². The molecule has 4 aromatic rings. The third-order valence-corrected chi connectivity index (χ3v) is 6.26. The van der Waals surface area contributed by atoms with E-state index in [0.717, 1.165) is 29.8 Å². The van der Waals surface area contributed by atoms with Crippen LogP contribution in [0.1, 0.15) is 49.5 Å². The summed E-state index contributed by atoms with van der Waals surface area (Å²) in [7, 11) is 0. The molecule has 0 atom stereocenters. The summed E-state index contributed by atoms with van der Waals surface area (Å²) in [6.45, 7) is 2.40. The van der Waals surface area contributed by atoms with Gasteiger partial charge in [-0.25, -0.2) is 4.68 Å². The minimum Gasteiger partial charge on any atom is -0.369 e. The van der Waals surface area contributed by atoms with E-state index < -0.39 is 23.4 Å². The fourth-order valence-electron chi connectivity index (χ4n) is 3.87. The molecule has 0 unspecified atom stereocenters. The molecule has 1 aromatic heterocycles. The molecule has 0 aliphatic heterocycles. The molecular weight excluding hydrogens is 543 g/mol. The van der Waals surface area contributed by atoms with Crippen molar-refractivity contribution in [1.82, 2.24) is 15.1 Å². The third kappa shape index (κ3) is 6.50. The number of halogens is 4. The van der Waals surface area contributed by atoms with Crippen molar-refractivity contribution in [2.75, 3.05) is 18.4 Å². The van der Waals surface area contributed by atoms with Crippen molar-refractivity contribution in [3.63, 3.8) is 0 Å². The highest BCUT2D eigenvalue weighted by atomic mass is 35.5. The number of aromatic nitrogens is 2. The monoisotopic (exact) mass is 565 g/mol. The van der Waals surface area contributed by atoms with E-state index in [2.05, 4.69) is 21.8 Å². The number of aryl methyl sites for hydroxylation is 1. The first kappa shape index (κ1) is 28.4. The van der Waals surface area contributed by atoms with Gasteiger partial charge in [0.1, 0.15) is 17.5 Å². The first-order valence-corrected chi connectivity index (χ1v) is 12.6. The zero-order valence-corrected chi connectivity index (χ0v) is 22.0. The summed E-state index contributed by atoms with van der Waals surface area (Å²) >= 11 is 6.03. The molecule has 0 aliphatic rings. The molecule has 0 saturated carbocycles. The number of hydrogen-bond donors (Lipinski definition) is 2. The number of rotatable bonds is 9. The average Bonchev–Trinajstić information content (AvgIpc) is 3.31. The highest BCUT2D eigenvalue weighted by Gasteiger charge is 2.30. The molecule has 11 heteroatoms. The summed E-state index contributed by atoms with van der Waals surface area (Å²) in [5, 5.41) is 20.7. The van der Waals surface area contributed by atoms with Gasteiger partial charge in [0.25, 0.3) is 5.91 Å². The van der Waals surface area contributed by atoms with Gasteiger partial charge >= 0.3 is 6.18 Å². The molecule has 3 aromatic carbocycles. The van der Waals surface area contributed by atoms with Gasteiger partial charge in [-0.15, -0.1) is 0 Å². The van der Waals surface area contributed by atoms with Gasteiger partial charge in [0.05, 0.1) is 11.3 Å². The van der Waals surface area contributed by atoms with Crippen molar-refractivity contribution in [2.45, 2.75) is 19.5 Å². The van der Waals surface area contributed by atoms with Crippen molar-refractivity contribution in [1.29, 1.82) is 5.26 Å². The van der Waals surface area contributed by atoms with E-state index in [9.17, 15) is 28.0 Å². The molecular formula is C29H23ClF3N5O2. The molecule has 0 saturated heterocycles. The Bertz CT molecular complexity index is 1560. The van der Waals surface area contributed by atoms with Gasteiger partial charge in [-0.05, 0) is 61.9 Å².